The number of nitrogens with one attached hydrogen (secondary N) is 1. The van der Waals surface area contributed by atoms with Gasteiger partial charge in [-0.25, -0.2) is 0 Å². The molecule has 0 atom stereocenters. The highest BCUT2D eigenvalue weighted by molar-refractivity contribution is 5.95. The molecule has 1 aromatic carbocycles. The second-order valence-corrected chi connectivity index (χ2v) is 4.63. The summed E-state index contributed by atoms with van der Waals surface area (Å²) in [7, 11) is 0. The Morgan fingerprint density at radius 3 is 3.00 bits per heavy atom. The van der Waals surface area contributed by atoms with Crippen LogP contribution < -0.4 is 5.32 Å². The molecule has 0 saturated carbocycles. The van der Waals surface area contributed by atoms with Crippen molar-refractivity contribution in [2.24, 2.45) is 0 Å². The van der Waals surface area contributed by atoms with Gasteiger partial charge in [-0.1, -0.05) is 18.2 Å². The third-order valence-electron chi connectivity index (χ3n) is 3.18. The second kappa shape index (κ2) is 5.21. The molecule has 0 bridgehead atoms. The van der Waals surface area contributed by atoms with Gasteiger partial charge in [-0.2, -0.15) is 0 Å². The van der Waals surface area contributed by atoms with Crippen molar-refractivity contribution in [2.45, 2.75) is 0 Å². The third kappa shape index (κ3) is 2.56. The van der Waals surface area contributed by atoms with Crippen molar-refractivity contribution >= 4 is 28.9 Å². The highest BCUT2D eigenvalue weighted by Crippen LogP contribution is 2.19. The molecule has 0 radical (unpaired) electrons. The molecule has 0 unspecified atom stereocenters. The average molecular weight is 270 g/mol. The maximum atomic E-state index is 11.9. The molecule has 5 heteroatoms. The van der Waals surface area contributed by atoms with Crippen LogP contribution in [0.3, 0.4) is 0 Å². The summed E-state index contributed by atoms with van der Waals surface area (Å²) in [6, 6.07) is 9.54. The van der Waals surface area contributed by atoms with Crippen LogP contribution in [0.5, 0.6) is 0 Å². The first-order chi connectivity index (χ1) is 9.72. The maximum absolute atomic E-state index is 11.9. The van der Waals surface area contributed by atoms with E-state index in [2.05, 4.69) is 5.32 Å². The Morgan fingerprint density at radius 2 is 2.20 bits per heavy atom. The lowest BCUT2D eigenvalue weighted by molar-refractivity contribution is -0.134. The molecule has 2 amide bonds. The Balaban J connectivity index is 1.72. The van der Waals surface area contributed by atoms with Crippen molar-refractivity contribution in [3.05, 3.63) is 42.2 Å². The molecule has 1 aliphatic heterocycles. The number of carbonyl (C=O) groups excluding carboxylic acids is 2. The molecule has 1 aliphatic rings. The molecule has 0 spiro atoms. The van der Waals surface area contributed by atoms with Gasteiger partial charge in [0.25, 0.3) is 0 Å². The average Bonchev–Trinajstić information content (AvgIpc) is 2.87. The minimum absolute atomic E-state index is 0.114. The van der Waals surface area contributed by atoms with E-state index in [4.69, 9.17) is 4.42 Å². The van der Waals surface area contributed by atoms with Gasteiger partial charge in [-0.3, -0.25) is 9.59 Å². The fourth-order valence-electron chi connectivity index (χ4n) is 2.17. The van der Waals surface area contributed by atoms with Crippen molar-refractivity contribution < 1.29 is 14.0 Å². The van der Waals surface area contributed by atoms with Crippen LogP contribution in [0.1, 0.15) is 5.76 Å². The lowest BCUT2D eigenvalue weighted by Crippen LogP contribution is -2.49. The van der Waals surface area contributed by atoms with Crippen LogP contribution in [0.25, 0.3) is 17.0 Å². The quantitative estimate of drug-likeness (QED) is 0.839. The molecule has 2 aromatic rings. The second-order valence-electron chi connectivity index (χ2n) is 4.63. The van der Waals surface area contributed by atoms with Gasteiger partial charge in [0.15, 0.2) is 0 Å². The number of carbonyl (C=O) groups is 2. The minimum Gasteiger partial charge on any atom is -0.457 e. The molecule has 20 heavy (non-hydrogen) atoms. The van der Waals surface area contributed by atoms with Crippen LogP contribution in [0, 0.1) is 0 Å². The van der Waals surface area contributed by atoms with Crippen molar-refractivity contribution in [2.75, 3.05) is 19.6 Å². The van der Waals surface area contributed by atoms with Crippen molar-refractivity contribution in [3.8, 4) is 0 Å². The number of amides is 2. The summed E-state index contributed by atoms with van der Waals surface area (Å²) in [5.74, 6) is 0.322. The first-order valence-electron chi connectivity index (χ1n) is 6.45. The SMILES string of the molecule is O=C1CN(C(=O)/C=C/c2cc3ccccc3o2)CCN1. The summed E-state index contributed by atoms with van der Waals surface area (Å²) in [6.45, 7) is 1.15. The van der Waals surface area contributed by atoms with E-state index in [-0.39, 0.29) is 18.4 Å². The monoisotopic (exact) mass is 270 g/mol. The molecule has 0 aliphatic carbocycles. The number of nitrogens with zero attached hydrogens (tertiary/aromatic N) is 1. The van der Waals surface area contributed by atoms with Gasteiger partial charge in [0, 0.05) is 24.6 Å². The highest BCUT2D eigenvalue weighted by Gasteiger charge is 2.19. The molecule has 1 fully saturated rings. The van der Waals surface area contributed by atoms with E-state index in [0.717, 1.165) is 11.0 Å². The number of fused-ring (bicyclic) bond motifs is 1. The zero-order chi connectivity index (χ0) is 13.9. The summed E-state index contributed by atoms with van der Waals surface area (Å²) in [5.41, 5.74) is 0.789. The van der Waals surface area contributed by atoms with Crippen molar-refractivity contribution in [1.29, 1.82) is 0 Å². The minimum atomic E-state index is -0.180. The van der Waals surface area contributed by atoms with Crippen LogP contribution in [0.4, 0.5) is 0 Å². The number of para-hydroxylation sites is 1. The summed E-state index contributed by atoms with van der Waals surface area (Å²) >= 11 is 0. The van der Waals surface area contributed by atoms with Crippen LogP contribution in [-0.2, 0) is 9.59 Å². The van der Waals surface area contributed by atoms with Crippen LogP contribution in [-0.4, -0.2) is 36.3 Å². The maximum Gasteiger partial charge on any atom is 0.247 e. The number of hydrogen-bond donors (Lipinski definition) is 1. The molecule has 1 aromatic heterocycles. The van der Waals surface area contributed by atoms with E-state index in [1.54, 1.807) is 6.08 Å². The predicted octanol–water partition coefficient (Wildman–Crippen LogP) is 1.40. The summed E-state index contributed by atoms with van der Waals surface area (Å²) in [5, 5.41) is 3.68. The Kier molecular flexibility index (Phi) is 3.25. The number of hydrogen-bond acceptors (Lipinski definition) is 3. The third-order valence-corrected chi connectivity index (χ3v) is 3.18. The van der Waals surface area contributed by atoms with E-state index >= 15 is 0 Å². The number of piperazine rings is 1. The van der Waals surface area contributed by atoms with E-state index in [0.29, 0.717) is 18.8 Å². The Hall–Kier alpha value is -2.56. The summed E-state index contributed by atoms with van der Waals surface area (Å²) in [4.78, 5) is 24.7. The van der Waals surface area contributed by atoms with Crippen LogP contribution >= 0.6 is 0 Å². The van der Waals surface area contributed by atoms with Crippen molar-refractivity contribution in [1.82, 2.24) is 10.2 Å². The molecule has 5 nitrogen and oxygen atoms in total. The van der Waals surface area contributed by atoms with Gasteiger partial charge in [-0.05, 0) is 18.2 Å². The summed E-state index contributed by atoms with van der Waals surface area (Å²) < 4.78 is 5.59. The van der Waals surface area contributed by atoms with Gasteiger partial charge < -0.3 is 14.6 Å². The molecular weight excluding hydrogens is 256 g/mol. The van der Waals surface area contributed by atoms with E-state index in [9.17, 15) is 9.59 Å². The molecule has 3 rings (SSSR count). The van der Waals surface area contributed by atoms with E-state index < -0.39 is 0 Å². The first kappa shape index (κ1) is 12.5. The number of rotatable bonds is 2. The molecule has 1 N–H and O–H groups in total. The standard InChI is InChI=1S/C15H14N2O3/c18-14-10-17(8-7-16-14)15(19)6-5-12-9-11-3-1-2-4-13(11)20-12/h1-6,9H,7-8,10H2,(H,16,18)/b6-5+. The molecule has 2 heterocycles. The van der Waals surface area contributed by atoms with Gasteiger partial charge in [0.1, 0.15) is 11.3 Å². The molecule has 1 saturated heterocycles. The van der Waals surface area contributed by atoms with E-state index in [1.807, 2.05) is 30.3 Å². The topological polar surface area (TPSA) is 62.6 Å². The predicted molar refractivity (Wildman–Crippen MR) is 74.8 cm³/mol. The highest BCUT2D eigenvalue weighted by atomic mass is 16.3. The Labute approximate surface area is 115 Å². The fourth-order valence-corrected chi connectivity index (χ4v) is 2.17. The molecule has 102 valence electrons. The number of benzene rings is 1. The zero-order valence-corrected chi connectivity index (χ0v) is 10.8. The first-order valence-corrected chi connectivity index (χ1v) is 6.45. The number of furan rings is 1. The largest absolute Gasteiger partial charge is 0.457 e. The summed E-state index contributed by atoms with van der Waals surface area (Å²) in [6.07, 6.45) is 3.07. The Bertz CT molecular complexity index is 654. The van der Waals surface area contributed by atoms with Gasteiger partial charge >= 0.3 is 0 Å². The van der Waals surface area contributed by atoms with Gasteiger partial charge in [0.2, 0.25) is 11.8 Å². The van der Waals surface area contributed by atoms with Crippen LogP contribution in [0.2, 0.25) is 0 Å². The lowest BCUT2D eigenvalue weighted by atomic mass is 10.2. The fraction of sp³-hybridized carbons (Fsp3) is 0.200. The Morgan fingerprint density at radius 1 is 1.35 bits per heavy atom. The smallest absolute Gasteiger partial charge is 0.247 e. The molecular formula is C15H14N2O3. The van der Waals surface area contributed by atoms with Gasteiger partial charge in [-0.15, -0.1) is 0 Å². The lowest BCUT2D eigenvalue weighted by Gasteiger charge is -2.25. The zero-order valence-electron chi connectivity index (χ0n) is 10.8. The van der Waals surface area contributed by atoms with Crippen LogP contribution in [0.15, 0.2) is 40.8 Å². The van der Waals surface area contributed by atoms with Crippen molar-refractivity contribution in [3.63, 3.8) is 0 Å². The normalized spacial score (nSPS) is 15.8. The van der Waals surface area contributed by atoms with E-state index in [1.165, 1.54) is 11.0 Å². The van der Waals surface area contributed by atoms with Gasteiger partial charge in [0.05, 0.1) is 6.54 Å².